The van der Waals surface area contributed by atoms with Gasteiger partial charge < -0.3 is 9.67 Å². The first-order chi connectivity index (χ1) is 10.1. The molecule has 0 amide bonds. The van der Waals surface area contributed by atoms with Crippen LogP contribution in [0.1, 0.15) is 27.7 Å². The van der Waals surface area contributed by atoms with Gasteiger partial charge in [0.1, 0.15) is 5.49 Å². The van der Waals surface area contributed by atoms with Crippen LogP contribution < -0.4 is 0 Å². The predicted octanol–water partition coefficient (Wildman–Crippen LogP) is 2.16. The normalized spacial score (nSPS) is 19.4. The summed E-state index contributed by atoms with van der Waals surface area (Å²) in [5.74, 6) is -0.128. The highest BCUT2D eigenvalue weighted by Crippen LogP contribution is 2.37. The highest BCUT2D eigenvalue weighted by atomic mass is 32.3. The van der Waals surface area contributed by atoms with Crippen LogP contribution in [0, 0.1) is 17.8 Å². The molecule has 0 aliphatic carbocycles. The van der Waals surface area contributed by atoms with Crippen molar-refractivity contribution in [3.63, 3.8) is 0 Å². The SMILES string of the molecule is CC(O)C(C)C(C)C(C)/C=C/S(=O)(=O)CS(=O)(=O)CP(C)(C)=O. The lowest BCUT2D eigenvalue weighted by Gasteiger charge is -2.26. The maximum absolute atomic E-state index is 12.0. The van der Waals surface area contributed by atoms with E-state index in [1.165, 1.54) is 19.4 Å². The van der Waals surface area contributed by atoms with Crippen LogP contribution in [0.5, 0.6) is 0 Å². The van der Waals surface area contributed by atoms with Crippen molar-refractivity contribution in [1.29, 1.82) is 0 Å². The predicted molar refractivity (Wildman–Crippen MR) is 95.3 cm³/mol. The first-order valence-corrected chi connectivity index (χ1v) is 13.7. The Morgan fingerprint density at radius 1 is 1.00 bits per heavy atom. The van der Waals surface area contributed by atoms with Gasteiger partial charge in [0, 0.05) is 5.41 Å². The Balaban J connectivity index is 5.03. The molecule has 0 saturated carbocycles. The summed E-state index contributed by atoms with van der Waals surface area (Å²) in [7, 11) is -10.7. The molecule has 4 atom stereocenters. The van der Waals surface area contributed by atoms with Crippen molar-refractivity contribution in [2.24, 2.45) is 17.8 Å². The van der Waals surface area contributed by atoms with Crippen LogP contribution in [0.15, 0.2) is 11.5 Å². The summed E-state index contributed by atoms with van der Waals surface area (Å²) >= 11 is 0. The lowest BCUT2D eigenvalue weighted by Crippen LogP contribution is -2.25. The molecule has 9 heteroatoms. The van der Waals surface area contributed by atoms with E-state index in [1.54, 1.807) is 6.92 Å². The second-order valence-electron chi connectivity index (χ2n) is 6.87. The van der Waals surface area contributed by atoms with Gasteiger partial charge in [-0.15, -0.1) is 0 Å². The van der Waals surface area contributed by atoms with E-state index in [9.17, 15) is 26.5 Å². The van der Waals surface area contributed by atoms with Gasteiger partial charge in [0.05, 0.1) is 13.2 Å². The van der Waals surface area contributed by atoms with E-state index in [0.717, 1.165) is 5.41 Å². The van der Waals surface area contributed by atoms with Gasteiger partial charge in [-0.2, -0.15) is 0 Å². The summed E-state index contributed by atoms with van der Waals surface area (Å²) in [5.41, 5.74) is -0.613. The van der Waals surface area contributed by atoms with Crippen molar-refractivity contribution in [2.75, 3.05) is 23.9 Å². The van der Waals surface area contributed by atoms with Gasteiger partial charge in [0.25, 0.3) is 0 Å². The molecule has 0 aromatic rings. The second kappa shape index (κ2) is 8.28. The van der Waals surface area contributed by atoms with Crippen LogP contribution in [0.2, 0.25) is 0 Å². The molecule has 0 saturated heterocycles. The number of aliphatic hydroxyl groups is 1. The molecule has 138 valence electrons. The van der Waals surface area contributed by atoms with Crippen LogP contribution in [0.3, 0.4) is 0 Å². The fourth-order valence-electron chi connectivity index (χ4n) is 2.14. The molecule has 0 aliphatic heterocycles. The number of aliphatic hydroxyl groups excluding tert-OH is 1. The molecular weight excluding hydrogens is 359 g/mol. The van der Waals surface area contributed by atoms with Crippen LogP contribution in [0.4, 0.5) is 0 Å². The van der Waals surface area contributed by atoms with E-state index < -0.39 is 43.5 Å². The minimum Gasteiger partial charge on any atom is -0.393 e. The van der Waals surface area contributed by atoms with Gasteiger partial charge in [0.15, 0.2) is 24.8 Å². The Labute approximate surface area is 140 Å². The van der Waals surface area contributed by atoms with Gasteiger partial charge >= 0.3 is 0 Å². The number of hydrogen-bond acceptors (Lipinski definition) is 6. The van der Waals surface area contributed by atoms with Crippen molar-refractivity contribution in [3.8, 4) is 0 Å². The van der Waals surface area contributed by atoms with Gasteiger partial charge in [0.2, 0.25) is 0 Å². The third-order valence-electron chi connectivity index (χ3n) is 3.86. The smallest absolute Gasteiger partial charge is 0.185 e. The van der Waals surface area contributed by atoms with E-state index in [0.29, 0.717) is 0 Å². The van der Waals surface area contributed by atoms with Crippen LogP contribution in [-0.2, 0) is 24.2 Å². The second-order valence-corrected chi connectivity index (χ2v) is 15.1. The van der Waals surface area contributed by atoms with Gasteiger partial charge in [-0.25, -0.2) is 16.8 Å². The lowest BCUT2D eigenvalue weighted by molar-refractivity contribution is 0.0924. The molecule has 0 radical (unpaired) electrons. The van der Waals surface area contributed by atoms with Gasteiger partial charge in [-0.3, -0.25) is 0 Å². The van der Waals surface area contributed by atoms with Crippen LogP contribution in [0.25, 0.3) is 0 Å². The first kappa shape index (κ1) is 22.8. The highest BCUT2D eigenvalue weighted by Gasteiger charge is 2.26. The van der Waals surface area contributed by atoms with E-state index >= 15 is 0 Å². The number of allylic oxidation sites excluding steroid dienone is 1. The average Bonchev–Trinajstić information content (AvgIpc) is 2.29. The zero-order valence-corrected chi connectivity index (χ0v) is 17.2. The van der Waals surface area contributed by atoms with Crippen molar-refractivity contribution in [1.82, 2.24) is 0 Å². The number of hydrogen-bond donors (Lipinski definition) is 1. The summed E-state index contributed by atoms with van der Waals surface area (Å²) in [6, 6.07) is 0. The summed E-state index contributed by atoms with van der Waals surface area (Å²) in [6.45, 7) is 9.90. The molecular formula is C14H29O6PS2. The molecule has 23 heavy (non-hydrogen) atoms. The Kier molecular flexibility index (Phi) is 8.21. The molecule has 0 aliphatic rings. The van der Waals surface area contributed by atoms with E-state index in [-0.39, 0.29) is 17.8 Å². The molecule has 6 nitrogen and oxygen atoms in total. The largest absolute Gasteiger partial charge is 0.393 e. The van der Waals surface area contributed by atoms with Crippen molar-refractivity contribution < 1.29 is 26.5 Å². The molecule has 0 rings (SSSR count). The lowest BCUT2D eigenvalue weighted by atomic mass is 9.82. The maximum atomic E-state index is 12.0. The third-order valence-corrected chi connectivity index (χ3v) is 11.2. The third kappa shape index (κ3) is 9.65. The fourth-order valence-corrected chi connectivity index (χ4v) is 9.70. The molecule has 1 N–H and O–H groups in total. The quantitative estimate of drug-likeness (QED) is 0.607. The number of sulfone groups is 2. The topological polar surface area (TPSA) is 106 Å². The summed E-state index contributed by atoms with van der Waals surface area (Å²) in [4.78, 5) is 0. The molecule has 4 unspecified atom stereocenters. The van der Waals surface area contributed by atoms with Gasteiger partial charge in [-0.05, 0) is 38.0 Å². The standard InChI is InChI=1S/C14H29O6PS2/c1-11(12(2)13(3)14(4)15)7-8-22(17,18)10-23(19,20)9-21(5,6)16/h7-8,11-15H,9-10H2,1-6H3/b8-7+. The van der Waals surface area contributed by atoms with Crippen molar-refractivity contribution in [2.45, 2.75) is 33.8 Å². The Bertz CT molecular complexity index is 657. The van der Waals surface area contributed by atoms with Crippen molar-refractivity contribution in [3.05, 3.63) is 11.5 Å². The summed E-state index contributed by atoms with van der Waals surface area (Å²) in [5, 5.41) is 9.46. The summed E-state index contributed by atoms with van der Waals surface area (Å²) < 4.78 is 59.1. The molecule has 0 aromatic heterocycles. The molecule has 0 fully saturated rings. The zero-order chi connectivity index (χ0) is 18.6. The molecule has 0 bridgehead atoms. The van der Waals surface area contributed by atoms with E-state index in [2.05, 4.69) is 0 Å². The molecule has 0 heterocycles. The Morgan fingerprint density at radius 2 is 1.48 bits per heavy atom. The summed E-state index contributed by atoms with van der Waals surface area (Å²) in [6.07, 6.45) is 0.937. The Morgan fingerprint density at radius 3 is 1.87 bits per heavy atom. The molecule has 0 aromatic carbocycles. The fraction of sp³-hybridized carbons (Fsp3) is 0.857. The molecule has 0 spiro atoms. The monoisotopic (exact) mass is 388 g/mol. The van der Waals surface area contributed by atoms with E-state index in [1.807, 2.05) is 20.8 Å². The highest BCUT2D eigenvalue weighted by molar-refractivity contribution is 8.11. The Hall–Kier alpha value is -0.170. The van der Waals surface area contributed by atoms with E-state index in [4.69, 9.17) is 0 Å². The average molecular weight is 388 g/mol. The van der Waals surface area contributed by atoms with Gasteiger partial charge in [-0.1, -0.05) is 26.8 Å². The van der Waals surface area contributed by atoms with Crippen LogP contribution in [-0.4, -0.2) is 52.0 Å². The maximum Gasteiger partial charge on any atom is 0.185 e. The zero-order valence-electron chi connectivity index (χ0n) is 14.6. The van der Waals surface area contributed by atoms with Crippen molar-refractivity contribution >= 4 is 26.8 Å². The van der Waals surface area contributed by atoms with Crippen LogP contribution >= 0.6 is 7.14 Å². The minimum absolute atomic E-state index is 0.0212. The minimum atomic E-state index is -3.94. The number of rotatable bonds is 9. The first-order valence-electron chi connectivity index (χ1n) is 7.40.